The number of pyridine rings is 1. The first-order chi connectivity index (χ1) is 27.8. The van der Waals surface area contributed by atoms with Gasteiger partial charge in [0, 0.05) is 56.4 Å². The van der Waals surface area contributed by atoms with E-state index in [1.807, 2.05) is 0 Å². The molecule has 0 amide bonds. The van der Waals surface area contributed by atoms with Crippen LogP contribution in [0.25, 0.3) is 61.8 Å². The maximum Gasteiger partial charge on any atom is 0.130 e. The van der Waals surface area contributed by atoms with E-state index in [1.165, 1.54) is 66.8 Å². The predicted molar refractivity (Wildman–Crippen MR) is 231 cm³/mol. The van der Waals surface area contributed by atoms with Gasteiger partial charge in [0.15, 0.2) is 0 Å². The Morgan fingerprint density at radius 1 is 0.625 bits per heavy atom. The van der Waals surface area contributed by atoms with Crippen molar-refractivity contribution in [3.63, 3.8) is 0 Å². The topological polar surface area (TPSA) is 27.1 Å². The number of fused-ring (bicyclic) bond motifs is 6. The Hall–Kier alpha value is -6.71. The minimum atomic E-state index is 0.250. The molecule has 3 heteroatoms. The number of rotatable bonds is 6. The van der Waals surface area contributed by atoms with Crippen molar-refractivity contribution in [2.45, 2.75) is 37.5 Å². The molecule has 56 heavy (non-hydrogen) atoms. The van der Waals surface area contributed by atoms with E-state index in [0.29, 0.717) is 0 Å². The number of hydrogen-bond donors (Lipinski definition) is 0. The number of benzene rings is 5. The molecule has 7 aromatic rings. The Morgan fingerprint density at radius 3 is 2.39 bits per heavy atom. The summed E-state index contributed by atoms with van der Waals surface area (Å²) < 4.78 is 9.14. The predicted octanol–water partition coefficient (Wildman–Crippen LogP) is 13.4. The van der Waals surface area contributed by atoms with Crippen molar-refractivity contribution in [1.82, 2.24) is 9.55 Å². The Kier molecular flexibility index (Phi) is 7.91. The Bertz CT molecular complexity index is 2850. The summed E-state index contributed by atoms with van der Waals surface area (Å²) in [6.07, 6.45) is 22.0. The maximum atomic E-state index is 6.62. The van der Waals surface area contributed by atoms with Crippen LogP contribution in [0.5, 0.6) is 5.75 Å². The molecule has 0 radical (unpaired) electrons. The number of aromatic nitrogens is 2. The zero-order chi connectivity index (χ0) is 37.0. The van der Waals surface area contributed by atoms with Gasteiger partial charge in [-0.15, -0.1) is 0 Å². The average molecular weight is 721 g/mol. The molecule has 2 unspecified atom stereocenters. The molecule has 5 aromatic carbocycles. The molecule has 268 valence electrons. The van der Waals surface area contributed by atoms with Crippen molar-refractivity contribution in [2.24, 2.45) is 0 Å². The van der Waals surface area contributed by atoms with Crippen LogP contribution in [0.15, 0.2) is 182 Å². The van der Waals surface area contributed by atoms with E-state index in [0.717, 1.165) is 54.1 Å². The molecular formula is C53H40N2O. The van der Waals surface area contributed by atoms with Crippen LogP contribution in [0, 0.1) is 0 Å². The largest absolute Gasteiger partial charge is 0.460 e. The van der Waals surface area contributed by atoms with Gasteiger partial charge in [-0.2, -0.15) is 0 Å². The van der Waals surface area contributed by atoms with Crippen molar-refractivity contribution >= 4 is 22.6 Å². The highest BCUT2D eigenvalue weighted by molar-refractivity contribution is 5.97. The third-order valence-electron chi connectivity index (χ3n) is 11.9. The summed E-state index contributed by atoms with van der Waals surface area (Å²) in [4.78, 5) is 5.30. The summed E-state index contributed by atoms with van der Waals surface area (Å²) in [5.41, 5.74) is 16.8. The van der Waals surface area contributed by atoms with Crippen LogP contribution < -0.4 is 4.74 Å². The molecular weight excluding hydrogens is 681 g/mol. The van der Waals surface area contributed by atoms with Crippen molar-refractivity contribution in [3.05, 3.63) is 210 Å². The van der Waals surface area contributed by atoms with Gasteiger partial charge in [-0.05, 0) is 90.4 Å². The van der Waals surface area contributed by atoms with Gasteiger partial charge in [0.1, 0.15) is 11.5 Å². The monoisotopic (exact) mass is 720 g/mol. The fourth-order valence-electron chi connectivity index (χ4n) is 9.21. The summed E-state index contributed by atoms with van der Waals surface area (Å²) in [7, 11) is 0. The highest BCUT2D eigenvalue weighted by atomic mass is 16.5. The highest BCUT2D eigenvalue weighted by Gasteiger charge is 2.34. The van der Waals surface area contributed by atoms with Crippen LogP contribution in [0.4, 0.5) is 0 Å². The van der Waals surface area contributed by atoms with Crippen LogP contribution in [-0.2, 0) is 6.42 Å². The van der Waals surface area contributed by atoms with Gasteiger partial charge in [0.2, 0.25) is 0 Å². The van der Waals surface area contributed by atoms with Gasteiger partial charge in [0.05, 0.1) is 16.9 Å². The number of hydrogen-bond acceptors (Lipinski definition) is 2. The van der Waals surface area contributed by atoms with E-state index in [1.54, 1.807) is 0 Å². The average Bonchev–Trinajstić information content (AvgIpc) is 3.83. The van der Waals surface area contributed by atoms with Gasteiger partial charge in [-0.3, -0.25) is 4.98 Å². The fourth-order valence-corrected chi connectivity index (χ4v) is 9.21. The van der Waals surface area contributed by atoms with Crippen LogP contribution in [0.1, 0.15) is 59.2 Å². The standard InChI is InChI=1S/C53H40N2O/c1-3-15-35(16-4-1)40-33-47(36-17-5-2-6-18-36)54-48(34-40)39-20-13-19-37(31-39)38-29-30-51-46(32-38)42-22-8-11-27-50(42)55(51)49-26-10-7-21-41(49)44-24-14-25-45-43-23-9-12-28-52(43)56-53(44)45/h1-10,12-17,19-24,26,28-34,36,45H,11,18,25,27H2. The maximum absolute atomic E-state index is 6.62. The first-order valence-electron chi connectivity index (χ1n) is 19.9. The zero-order valence-electron chi connectivity index (χ0n) is 31.1. The second kappa shape index (κ2) is 13.5. The molecule has 1 aliphatic heterocycles. The van der Waals surface area contributed by atoms with E-state index in [-0.39, 0.29) is 11.8 Å². The molecule has 0 spiro atoms. The third-order valence-corrected chi connectivity index (χ3v) is 11.9. The van der Waals surface area contributed by atoms with E-state index in [9.17, 15) is 0 Å². The normalized spacial score (nSPS) is 17.9. The van der Waals surface area contributed by atoms with Gasteiger partial charge >= 0.3 is 0 Å². The SMILES string of the molecule is C1=CCC(c2cc(-c3ccccc3)cc(-c3cccc(-c4ccc5c(c4)c4c(n5-c5ccccc5C5=C6Oc7ccccc7C6CC=C5)CCC=C4)c3)n2)C=C1. The molecule has 2 atom stereocenters. The molecule has 11 rings (SSSR count). The molecule has 3 nitrogen and oxygen atoms in total. The minimum Gasteiger partial charge on any atom is -0.460 e. The van der Waals surface area contributed by atoms with E-state index in [4.69, 9.17) is 9.72 Å². The van der Waals surface area contributed by atoms with Gasteiger partial charge in [0.25, 0.3) is 0 Å². The molecule has 0 N–H and O–H groups in total. The van der Waals surface area contributed by atoms with Gasteiger partial charge < -0.3 is 9.30 Å². The quantitative estimate of drug-likeness (QED) is 0.171. The number of ether oxygens (including phenoxy) is 1. The lowest BCUT2D eigenvalue weighted by atomic mass is 9.86. The molecule has 0 bridgehead atoms. The minimum absolute atomic E-state index is 0.250. The first kappa shape index (κ1) is 32.7. The number of allylic oxidation sites excluding steroid dienone is 9. The first-order valence-corrected chi connectivity index (χ1v) is 19.9. The number of nitrogens with zero attached hydrogens (tertiary/aromatic N) is 2. The second-order valence-electron chi connectivity index (χ2n) is 15.3. The van der Waals surface area contributed by atoms with Crippen molar-refractivity contribution in [3.8, 4) is 44.9 Å². The summed E-state index contributed by atoms with van der Waals surface area (Å²) in [6, 6.07) is 48.5. The van der Waals surface area contributed by atoms with Crippen LogP contribution in [0.3, 0.4) is 0 Å². The summed E-state index contributed by atoms with van der Waals surface area (Å²) in [5, 5.41) is 1.27. The van der Waals surface area contributed by atoms with Crippen LogP contribution in [-0.4, -0.2) is 9.55 Å². The van der Waals surface area contributed by atoms with E-state index in [2.05, 4.69) is 187 Å². The molecule has 3 aliphatic carbocycles. The van der Waals surface area contributed by atoms with E-state index >= 15 is 0 Å². The summed E-state index contributed by atoms with van der Waals surface area (Å²) in [6.45, 7) is 0. The van der Waals surface area contributed by atoms with Crippen molar-refractivity contribution in [1.29, 1.82) is 0 Å². The fraction of sp³-hybridized carbons (Fsp3) is 0.113. The Labute approximate surface area is 328 Å². The third kappa shape index (κ3) is 5.54. The Balaban J connectivity index is 1.02. The lowest BCUT2D eigenvalue weighted by molar-refractivity contribution is 0.429. The number of para-hydroxylation sites is 2. The smallest absolute Gasteiger partial charge is 0.130 e. The summed E-state index contributed by atoms with van der Waals surface area (Å²) >= 11 is 0. The van der Waals surface area contributed by atoms with Gasteiger partial charge in [-0.25, -0.2) is 0 Å². The zero-order valence-corrected chi connectivity index (χ0v) is 31.1. The van der Waals surface area contributed by atoms with Crippen LogP contribution >= 0.6 is 0 Å². The molecule has 4 aliphatic rings. The summed E-state index contributed by atoms with van der Waals surface area (Å²) in [5.74, 6) is 2.56. The molecule has 3 heterocycles. The highest BCUT2D eigenvalue weighted by Crippen LogP contribution is 2.49. The van der Waals surface area contributed by atoms with Crippen molar-refractivity contribution < 1.29 is 4.74 Å². The van der Waals surface area contributed by atoms with Crippen LogP contribution in [0.2, 0.25) is 0 Å². The van der Waals surface area contributed by atoms with Gasteiger partial charge in [-0.1, -0.05) is 140 Å². The van der Waals surface area contributed by atoms with Crippen molar-refractivity contribution in [2.75, 3.05) is 0 Å². The lowest BCUT2D eigenvalue weighted by Gasteiger charge is -2.22. The molecule has 0 saturated heterocycles. The van der Waals surface area contributed by atoms with E-state index < -0.39 is 0 Å². The molecule has 2 aromatic heterocycles. The Morgan fingerprint density at radius 2 is 1.46 bits per heavy atom. The molecule has 0 saturated carbocycles. The molecule has 0 fully saturated rings. The second-order valence-corrected chi connectivity index (χ2v) is 15.3. The lowest BCUT2D eigenvalue weighted by Crippen LogP contribution is -2.09.